The molecule has 0 aliphatic carbocycles. The number of anilines is 1. The van der Waals surface area contributed by atoms with Crippen molar-refractivity contribution in [3.05, 3.63) is 63.7 Å². The monoisotopic (exact) mass is 408 g/mol. The number of carbonyl (C=O) groups is 1. The second-order valence-corrected chi connectivity index (χ2v) is 7.00. The highest BCUT2D eigenvalue weighted by atomic mass is 35.5. The van der Waals surface area contributed by atoms with Crippen molar-refractivity contribution < 1.29 is 9.90 Å². The van der Waals surface area contributed by atoms with E-state index in [0.717, 1.165) is 11.3 Å². The van der Waals surface area contributed by atoms with Gasteiger partial charge in [0.15, 0.2) is 5.13 Å². The van der Waals surface area contributed by atoms with Gasteiger partial charge >= 0.3 is 6.03 Å². The van der Waals surface area contributed by atoms with Gasteiger partial charge in [-0.15, -0.1) is 11.3 Å². The molecule has 3 rings (SSSR count). The van der Waals surface area contributed by atoms with Crippen LogP contribution in [0.1, 0.15) is 11.7 Å². The summed E-state index contributed by atoms with van der Waals surface area (Å²) >= 11 is 13.2. The second-order valence-electron chi connectivity index (χ2n) is 5.30. The van der Waals surface area contributed by atoms with E-state index in [2.05, 4.69) is 20.6 Å². The predicted molar refractivity (Wildman–Crippen MR) is 104 cm³/mol. The lowest BCUT2D eigenvalue weighted by Gasteiger charge is -2.14. The van der Waals surface area contributed by atoms with E-state index in [1.807, 2.05) is 17.5 Å². The van der Waals surface area contributed by atoms with Crippen molar-refractivity contribution in [3.63, 3.8) is 0 Å². The summed E-state index contributed by atoms with van der Waals surface area (Å²) in [4.78, 5) is 20.4. The third-order valence-electron chi connectivity index (χ3n) is 3.46. The second kappa shape index (κ2) is 8.46. The molecule has 9 heteroatoms. The highest BCUT2D eigenvalue weighted by Crippen LogP contribution is 2.26. The quantitative estimate of drug-likeness (QED) is 0.584. The topological polar surface area (TPSA) is 87.1 Å². The van der Waals surface area contributed by atoms with E-state index >= 15 is 0 Å². The molecule has 134 valence electrons. The van der Waals surface area contributed by atoms with Crippen LogP contribution < -0.4 is 10.6 Å². The molecule has 3 N–H and O–H groups in total. The third kappa shape index (κ3) is 4.70. The molecule has 2 aromatic heterocycles. The maximum Gasteiger partial charge on any atom is 0.321 e. The van der Waals surface area contributed by atoms with E-state index in [4.69, 9.17) is 23.2 Å². The van der Waals surface area contributed by atoms with Crippen molar-refractivity contribution in [2.45, 2.75) is 6.10 Å². The summed E-state index contributed by atoms with van der Waals surface area (Å²) in [6.45, 7) is -0.00593. The molecule has 0 bridgehead atoms. The minimum Gasteiger partial charge on any atom is -0.387 e. The Morgan fingerprint density at radius 1 is 1.31 bits per heavy atom. The zero-order valence-electron chi connectivity index (χ0n) is 13.3. The molecular weight excluding hydrogens is 395 g/mol. The molecule has 2 heterocycles. The Morgan fingerprint density at radius 2 is 2.15 bits per heavy atom. The Balaban J connectivity index is 1.55. The van der Waals surface area contributed by atoms with Gasteiger partial charge in [0.1, 0.15) is 0 Å². The van der Waals surface area contributed by atoms with Gasteiger partial charge in [0.2, 0.25) is 0 Å². The molecule has 0 aliphatic rings. The van der Waals surface area contributed by atoms with Gasteiger partial charge < -0.3 is 10.4 Å². The maximum absolute atomic E-state index is 12.0. The molecule has 6 nitrogen and oxygen atoms in total. The van der Waals surface area contributed by atoms with Crippen molar-refractivity contribution in [1.82, 2.24) is 15.3 Å². The Hall–Kier alpha value is -2.19. The van der Waals surface area contributed by atoms with Crippen molar-refractivity contribution >= 4 is 45.7 Å². The van der Waals surface area contributed by atoms with Crippen LogP contribution in [0.15, 0.2) is 48.1 Å². The number of thiazole rings is 1. The van der Waals surface area contributed by atoms with Crippen LogP contribution in [0.2, 0.25) is 10.0 Å². The number of rotatable bonds is 5. The number of hydrogen-bond acceptors (Lipinski definition) is 5. The van der Waals surface area contributed by atoms with E-state index in [9.17, 15) is 9.90 Å². The molecule has 0 saturated carbocycles. The van der Waals surface area contributed by atoms with Gasteiger partial charge in [-0.2, -0.15) is 0 Å². The first-order valence-electron chi connectivity index (χ1n) is 7.56. The van der Waals surface area contributed by atoms with Gasteiger partial charge in [0.25, 0.3) is 0 Å². The van der Waals surface area contributed by atoms with Gasteiger partial charge in [-0.25, -0.2) is 9.78 Å². The number of nitrogens with zero attached hydrogens (tertiary/aromatic N) is 2. The Labute approximate surface area is 163 Å². The molecule has 0 aliphatic heterocycles. The molecule has 2 amide bonds. The number of carbonyl (C=O) groups excluding carboxylic acids is 1. The molecule has 1 aromatic carbocycles. The van der Waals surface area contributed by atoms with Crippen LogP contribution in [0, 0.1) is 0 Å². The van der Waals surface area contributed by atoms with Crippen molar-refractivity contribution in [2.24, 2.45) is 0 Å². The molecule has 3 aromatic rings. The SMILES string of the molecule is O=C(NCC(O)c1ccc(Cl)cc1Cl)Nc1nc(-c2cccnc2)cs1. The Morgan fingerprint density at radius 3 is 2.88 bits per heavy atom. The van der Waals surface area contributed by atoms with Crippen LogP contribution in [0.25, 0.3) is 11.3 Å². The molecule has 1 atom stereocenters. The number of aliphatic hydroxyl groups excluding tert-OH is 1. The number of aromatic nitrogens is 2. The number of aliphatic hydroxyl groups is 1. The zero-order chi connectivity index (χ0) is 18.5. The van der Waals surface area contributed by atoms with Gasteiger partial charge in [-0.3, -0.25) is 10.3 Å². The van der Waals surface area contributed by atoms with Crippen LogP contribution in [0.5, 0.6) is 0 Å². The van der Waals surface area contributed by atoms with Crippen LogP contribution in [0.3, 0.4) is 0 Å². The average molecular weight is 409 g/mol. The Bertz CT molecular complexity index is 905. The molecule has 26 heavy (non-hydrogen) atoms. The fraction of sp³-hybridized carbons (Fsp3) is 0.118. The maximum atomic E-state index is 12.0. The zero-order valence-corrected chi connectivity index (χ0v) is 15.6. The largest absolute Gasteiger partial charge is 0.387 e. The summed E-state index contributed by atoms with van der Waals surface area (Å²) in [7, 11) is 0. The highest BCUT2D eigenvalue weighted by molar-refractivity contribution is 7.14. The first-order valence-corrected chi connectivity index (χ1v) is 9.20. The Kier molecular flexibility index (Phi) is 6.05. The summed E-state index contributed by atoms with van der Waals surface area (Å²) in [6, 6.07) is 8.02. The lowest BCUT2D eigenvalue weighted by molar-refractivity contribution is 0.175. The molecule has 0 spiro atoms. The van der Waals surface area contributed by atoms with Crippen LogP contribution in [-0.4, -0.2) is 27.7 Å². The van der Waals surface area contributed by atoms with Gasteiger partial charge in [0, 0.05) is 45.5 Å². The number of pyridine rings is 1. The van der Waals surface area contributed by atoms with Crippen molar-refractivity contribution in [3.8, 4) is 11.3 Å². The van der Waals surface area contributed by atoms with E-state index in [1.165, 1.54) is 17.4 Å². The lowest BCUT2D eigenvalue weighted by atomic mass is 10.1. The van der Waals surface area contributed by atoms with E-state index in [0.29, 0.717) is 20.7 Å². The number of hydrogen-bond donors (Lipinski definition) is 3. The number of urea groups is 1. The van der Waals surface area contributed by atoms with Crippen LogP contribution >= 0.6 is 34.5 Å². The van der Waals surface area contributed by atoms with E-state index < -0.39 is 12.1 Å². The summed E-state index contributed by atoms with van der Waals surface area (Å²) in [6.07, 6.45) is 2.43. The molecule has 0 saturated heterocycles. The number of amides is 2. The highest BCUT2D eigenvalue weighted by Gasteiger charge is 2.14. The minimum atomic E-state index is -0.951. The normalized spacial score (nSPS) is 11.8. The van der Waals surface area contributed by atoms with Crippen LogP contribution in [0.4, 0.5) is 9.93 Å². The average Bonchev–Trinajstić information content (AvgIpc) is 3.09. The molecule has 0 radical (unpaired) electrons. The first kappa shape index (κ1) is 18.6. The predicted octanol–water partition coefficient (Wildman–Crippen LogP) is 4.37. The smallest absolute Gasteiger partial charge is 0.321 e. The molecule has 1 unspecified atom stereocenters. The summed E-state index contributed by atoms with van der Waals surface area (Å²) in [5.74, 6) is 0. The summed E-state index contributed by atoms with van der Waals surface area (Å²) in [5, 5.41) is 18.5. The fourth-order valence-corrected chi connectivity index (χ4v) is 3.44. The first-order chi connectivity index (χ1) is 12.5. The standard InChI is InChI=1S/C17H14Cl2N4O2S/c18-11-3-4-12(13(19)6-11)15(24)8-21-16(25)23-17-22-14(9-26-17)10-2-1-5-20-7-10/h1-7,9,15,24H,8H2,(H2,21,22,23,25). The lowest BCUT2D eigenvalue weighted by Crippen LogP contribution is -2.32. The van der Waals surface area contributed by atoms with E-state index in [1.54, 1.807) is 24.5 Å². The number of halogens is 2. The van der Waals surface area contributed by atoms with Crippen molar-refractivity contribution in [2.75, 3.05) is 11.9 Å². The van der Waals surface area contributed by atoms with Crippen LogP contribution in [-0.2, 0) is 0 Å². The summed E-state index contributed by atoms with van der Waals surface area (Å²) in [5.41, 5.74) is 2.08. The fourth-order valence-electron chi connectivity index (χ4n) is 2.19. The number of benzene rings is 1. The van der Waals surface area contributed by atoms with Gasteiger partial charge in [0.05, 0.1) is 11.8 Å². The minimum absolute atomic E-state index is 0.00593. The molecular formula is C17H14Cl2N4O2S. The van der Waals surface area contributed by atoms with Crippen molar-refractivity contribution in [1.29, 1.82) is 0 Å². The van der Waals surface area contributed by atoms with Gasteiger partial charge in [-0.05, 0) is 24.3 Å². The van der Waals surface area contributed by atoms with Gasteiger partial charge in [-0.1, -0.05) is 29.3 Å². The third-order valence-corrected chi connectivity index (χ3v) is 4.78. The molecule has 0 fully saturated rings. The summed E-state index contributed by atoms with van der Waals surface area (Å²) < 4.78 is 0. The number of nitrogens with one attached hydrogen (secondary N) is 2. The van der Waals surface area contributed by atoms with E-state index in [-0.39, 0.29) is 6.54 Å².